The van der Waals surface area contributed by atoms with Crippen molar-refractivity contribution in [3.8, 4) is 0 Å². The van der Waals surface area contributed by atoms with Crippen molar-refractivity contribution in [2.24, 2.45) is 11.8 Å². The first-order valence-corrected chi connectivity index (χ1v) is 8.62. The third-order valence-corrected chi connectivity index (χ3v) is 5.75. The van der Waals surface area contributed by atoms with Gasteiger partial charge in [-0.2, -0.15) is 9.40 Å². The van der Waals surface area contributed by atoms with Crippen molar-refractivity contribution < 1.29 is 8.42 Å². The van der Waals surface area contributed by atoms with Gasteiger partial charge in [-0.25, -0.2) is 8.42 Å². The van der Waals surface area contributed by atoms with Crippen LogP contribution in [0.2, 0.25) is 0 Å². The maximum absolute atomic E-state index is 12.5. The molecule has 1 aromatic heterocycles. The van der Waals surface area contributed by atoms with Gasteiger partial charge >= 0.3 is 0 Å². The quantitative estimate of drug-likeness (QED) is 0.788. The minimum absolute atomic E-state index is 0.301. The fourth-order valence-corrected chi connectivity index (χ4v) is 3.99. The summed E-state index contributed by atoms with van der Waals surface area (Å²) in [6, 6.07) is 0. The minimum atomic E-state index is -3.38. The second-order valence-corrected chi connectivity index (χ2v) is 7.51. The number of rotatable bonds is 6. The average molecular weight is 300 g/mol. The highest BCUT2D eigenvalue weighted by atomic mass is 32.2. The Morgan fingerprint density at radius 2 is 2.00 bits per heavy atom. The molecule has 114 valence electrons. The maximum Gasteiger partial charge on any atom is 0.246 e. The molecule has 20 heavy (non-hydrogen) atoms. The van der Waals surface area contributed by atoms with E-state index in [0.29, 0.717) is 36.4 Å². The van der Waals surface area contributed by atoms with Crippen LogP contribution in [0, 0.1) is 11.8 Å². The highest BCUT2D eigenvalue weighted by Gasteiger charge is 2.35. The molecule has 2 atom stereocenters. The van der Waals surface area contributed by atoms with Gasteiger partial charge in [-0.15, -0.1) is 0 Å². The Balaban J connectivity index is 2.07. The van der Waals surface area contributed by atoms with Crippen LogP contribution in [0.15, 0.2) is 17.3 Å². The summed E-state index contributed by atoms with van der Waals surface area (Å²) in [6.45, 7) is 9.80. The summed E-state index contributed by atoms with van der Waals surface area (Å²) >= 11 is 0. The van der Waals surface area contributed by atoms with Crippen molar-refractivity contribution in [2.75, 3.05) is 26.2 Å². The third-order valence-electron chi connectivity index (χ3n) is 3.97. The number of nitrogens with one attached hydrogen (secondary N) is 1. The first-order chi connectivity index (χ1) is 9.45. The first kappa shape index (κ1) is 15.5. The second-order valence-electron chi connectivity index (χ2n) is 5.57. The zero-order valence-corrected chi connectivity index (χ0v) is 13.2. The molecule has 1 saturated heterocycles. The summed E-state index contributed by atoms with van der Waals surface area (Å²) in [5, 5.41) is 7.33. The molecule has 1 aromatic rings. The highest BCUT2D eigenvalue weighted by molar-refractivity contribution is 7.89. The second kappa shape index (κ2) is 6.24. The molecule has 7 heteroatoms. The van der Waals surface area contributed by atoms with Crippen molar-refractivity contribution in [3.05, 3.63) is 12.4 Å². The Bertz CT molecular complexity index is 530. The topological polar surface area (TPSA) is 67.2 Å². The van der Waals surface area contributed by atoms with Crippen LogP contribution in [0.5, 0.6) is 0 Å². The molecule has 1 aliphatic rings. The molecule has 6 nitrogen and oxygen atoms in total. The number of sulfonamides is 1. The Kier molecular flexibility index (Phi) is 4.82. The van der Waals surface area contributed by atoms with Crippen molar-refractivity contribution in [1.82, 2.24) is 19.4 Å². The molecule has 1 N–H and O–H groups in total. The van der Waals surface area contributed by atoms with Gasteiger partial charge in [-0.05, 0) is 18.4 Å². The largest absolute Gasteiger partial charge is 0.315 e. The molecule has 0 amide bonds. The van der Waals surface area contributed by atoms with Crippen LogP contribution in [-0.4, -0.2) is 48.7 Å². The molecule has 0 radical (unpaired) electrons. The highest BCUT2D eigenvalue weighted by Crippen LogP contribution is 2.27. The molecular formula is C13H24N4O2S. The zero-order valence-electron chi connectivity index (χ0n) is 12.4. The smallest absolute Gasteiger partial charge is 0.246 e. The Morgan fingerprint density at radius 3 is 2.60 bits per heavy atom. The summed E-state index contributed by atoms with van der Waals surface area (Å²) in [5.74, 6) is 0.821. The molecule has 2 unspecified atom stereocenters. The lowest BCUT2D eigenvalue weighted by Gasteiger charge is -2.14. The summed E-state index contributed by atoms with van der Waals surface area (Å²) in [7, 11) is -3.38. The van der Waals surface area contributed by atoms with Gasteiger partial charge < -0.3 is 5.32 Å². The van der Waals surface area contributed by atoms with E-state index in [9.17, 15) is 8.42 Å². The maximum atomic E-state index is 12.5. The van der Waals surface area contributed by atoms with Gasteiger partial charge in [0.15, 0.2) is 0 Å². The van der Waals surface area contributed by atoms with E-state index in [1.807, 2.05) is 6.92 Å². The van der Waals surface area contributed by atoms with Crippen LogP contribution in [0.4, 0.5) is 0 Å². The molecule has 0 spiro atoms. The van der Waals surface area contributed by atoms with Gasteiger partial charge in [0, 0.05) is 25.8 Å². The summed E-state index contributed by atoms with van der Waals surface area (Å²) in [6.07, 6.45) is 3.08. The van der Waals surface area contributed by atoms with Gasteiger partial charge in [0.1, 0.15) is 4.90 Å². The number of likely N-dealkylation sites (N-methyl/N-ethyl adjacent to an activating group) is 1. The van der Waals surface area contributed by atoms with Crippen molar-refractivity contribution in [1.29, 1.82) is 0 Å². The molecular weight excluding hydrogens is 276 g/mol. The predicted molar refractivity (Wildman–Crippen MR) is 77.9 cm³/mol. The Hall–Kier alpha value is -0.920. The normalized spacial score (nSPS) is 24.4. The van der Waals surface area contributed by atoms with Crippen LogP contribution < -0.4 is 5.32 Å². The minimum Gasteiger partial charge on any atom is -0.315 e. The van der Waals surface area contributed by atoms with Crippen LogP contribution in [-0.2, 0) is 16.6 Å². The van der Waals surface area contributed by atoms with Gasteiger partial charge in [-0.3, -0.25) is 4.68 Å². The fraction of sp³-hybridized carbons (Fsp3) is 0.769. The first-order valence-electron chi connectivity index (χ1n) is 7.18. The van der Waals surface area contributed by atoms with E-state index in [1.165, 1.54) is 6.20 Å². The molecule has 0 saturated carbocycles. The van der Waals surface area contributed by atoms with Crippen LogP contribution >= 0.6 is 0 Å². The standard InChI is InChI=1S/C13H24N4O2S/c1-4-14-5-6-16-10-13(7-15-16)20(18,19)17-8-11(2)12(3)9-17/h7,10-12,14H,4-6,8-9H2,1-3H3. The van der Waals surface area contributed by atoms with E-state index in [4.69, 9.17) is 0 Å². The number of hydrogen-bond donors (Lipinski definition) is 1. The SMILES string of the molecule is CCNCCn1cc(S(=O)(=O)N2CC(C)C(C)C2)cn1. The third kappa shape index (κ3) is 3.21. The lowest BCUT2D eigenvalue weighted by atomic mass is 10.0. The van der Waals surface area contributed by atoms with Gasteiger partial charge in [0.05, 0.1) is 12.7 Å². The molecule has 1 fully saturated rings. The van der Waals surface area contributed by atoms with E-state index in [1.54, 1.807) is 15.2 Å². The monoisotopic (exact) mass is 300 g/mol. The number of aromatic nitrogens is 2. The van der Waals surface area contributed by atoms with Crippen molar-refractivity contribution in [3.63, 3.8) is 0 Å². The van der Waals surface area contributed by atoms with Gasteiger partial charge in [0.2, 0.25) is 10.0 Å². The van der Waals surface area contributed by atoms with Crippen molar-refractivity contribution in [2.45, 2.75) is 32.2 Å². The Morgan fingerprint density at radius 1 is 1.35 bits per heavy atom. The summed E-state index contributed by atoms with van der Waals surface area (Å²) in [5.41, 5.74) is 0. The van der Waals surface area contributed by atoms with Crippen LogP contribution in [0.25, 0.3) is 0 Å². The van der Waals surface area contributed by atoms with E-state index in [2.05, 4.69) is 24.3 Å². The molecule has 0 aliphatic carbocycles. The summed E-state index contributed by atoms with van der Waals surface area (Å²) < 4.78 is 28.3. The lowest BCUT2D eigenvalue weighted by Crippen LogP contribution is -2.28. The van der Waals surface area contributed by atoms with Gasteiger partial charge in [0.25, 0.3) is 0 Å². The van der Waals surface area contributed by atoms with E-state index in [-0.39, 0.29) is 0 Å². The predicted octanol–water partition coefficient (Wildman–Crippen LogP) is 0.769. The van der Waals surface area contributed by atoms with E-state index in [0.717, 1.165) is 13.1 Å². The molecule has 2 rings (SSSR count). The van der Waals surface area contributed by atoms with Crippen LogP contribution in [0.3, 0.4) is 0 Å². The zero-order chi connectivity index (χ0) is 14.8. The Labute approximate surface area is 121 Å². The fourth-order valence-electron chi connectivity index (χ4n) is 2.39. The van der Waals surface area contributed by atoms with Gasteiger partial charge in [-0.1, -0.05) is 20.8 Å². The molecule has 2 heterocycles. The van der Waals surface area contributed by atoms with E-state index < -0.39 is 10.0 Å². The average Bonchev–Trinajstić information content (AvgIpc) is 2.99. The number of hydrogen-bond acceptors (Lipinski definition) is 4. The molecule has 1 aliphatic heterocycles. The van der Waals surface area contributed by atoms with E-state index >= 15 is 0 Å². The summed E-state index contributed by atoms with van der Waals surface area (Å²) in [4.78, 5) is 0.301. The number of nitrogens with zero attached hydrogens (tertiary/aromatic N) is 3. The molecule has 0 bridgehead atoms. The molecule has 0 aromatic carbocycles. The van der Waals surface area contributed by atoms with Crippen LogP contribution in [0.1, 0.15) is 20.8 Å². The van der Waals surface area contributed by atoms with Crippen molar-refractivity contribution >= 4 is 10.0 Å². The lowest BCUT2D eigenvalue weighted by molar-refractivity contribution is 0.463.